The third kappa shape index (κ3) is 1.32. The molecule has 72 valence electrons. The van der Waals surface area contributed by atoms with E-state index in [1.54, 1.807) is 19.1 Å². The van der Waals surface area contributed by atoms with Crippen molar-refractivity contribution < 1.29 is 9.90 Å². The van der Waals surface area contributed by atoms with Crippen LogP contribution in [0.2, 0.25) is 0 Å². The first-order valence-electron chi connectivity index (χ1n) is 4.23. The van der Waals surface area contributed by atoms with E-state index in [1.807, 2.05) is 12.1 Å². The van der Waals surface area contributed by atoms with Gasteiger partial charge in [-0.05, 0) is 19.1 Å². The van der Waals surface area contributed by atoms with Crippen LogP contribution in [0, 0.1) is 0 Å². The maximum absolute atomic E-state index is 10.7. The van der Waals surface area contributed by atoms with E-state index in [4.69, 9.17) is 5.11 Å². The van der Waals surface area contributed by atoms with Crippen molar-refractivity contribution in [2.45, 2.75) is 13.0 Å². The molecule has 0 saturated carbocycles. The van der Waals surface area contributed by atoms with Gasteiger partial charge in [0.05, 0.1) is 0 Å². The molecule has 5 heteroatoms. The number of nitrogens with zero attached hydrogens (tertiary/aromatic N) is 3. The highest BCUT2D eigenvalue weighted by Crippen LogP contribution is 2.10. The molecule has 2 rings (SSSR count). The minimum absolute atomic E-state index is 0.709. The first-order chi connectivity index (χ1) is 6.68. The van der Waals surface area contributed by atoms with Gasteiger partial charge in [-0.25, -0.2) is 4.79 Å². The van der Waals surface area contributed by atoms with Crippen molar-refractivity contribution in [2.24, 2.45) is 0 Å². The van der Waals surface area contributed by atoms with Crippen LogP contribution in [0.5, 0.6) is 0 Å². The van der Waals surface area contributed by atoms with E-state index in [1.165, 1.54) is 4.80 Å². The smallest absolute Gasteiger partial charge is 0.330 e. The quantitative estimate of drug-likeness (QED) is 0.771. The number of hydrogen-bond acceptors (Lipinski definition) is 3. The summed E-state index contributed by atoms with van der Waals surface area (Å²) in [4.78, 5) is 11.9. The van der Waals surface area contributed by atoms with E-state index in [2.05, 4.69) is 10.2 Å². The monoisotopic (exact) mass is 191 g/mol. The van der Waals surface area contributed by atoms with Gasteiger partial charge < -0.3 is 5.11 Å². The molecule has 0 unspecified atom stereocenters. The minimum Gasteiger partial charge on any atom is -0.480 e. The third-order valence-corrected chi connectivity index (χ3v) is 2.01. The van der Waals surface area contributed by atoms with Crippen LogP contribution in [0.1, 0.15) is 13.0 Å². The molecule has 1 aromatic heterocycles. The Morgan fingerprint density at radius 1 is 1.36 bits per heavy atom. The molecule has 0 aliphatic carbocycles. The molecule has 0 radical (unpaired) electrons. The van der Waals surface area contributed by atoms with E-state index < -0.39 is 12.0 Å². The Morgan fingerprint density at radius 2 is 1.86 bits per heavy atom. The molecule has 0 amide bonds. The Morgan fingerprint density at radius 3 is 2.29 bits per heavy atom. The number of aliphatic carboxylic acids is 1. The highest BCUT2D eigenvalue weighted by atomic mass is 16.4. The van der Waals surface area contributed by atoms with E-state index in [0.29, 0.717) is 11.0 Å². The van der Waals surface area contributed by atoms with Gasteiger partial charge >= 0.3 is 5.97 Å². The van der Waals surface area contributed by atoms with Crippen LogP contribution in [0.15, 0.2) is 24.3 Å². The summed E-state index contributed by atoms with van der Waals surface area (Å²) in [6.07, 6.45) is 0. The largest absolute Gasteiger partial charge is 0.480 e. The van der Waals surface area contributed by atoms with Gasteiger partial charge in [-0.3, -0.25) is 0 Å². The predicted octanol–water partition coefficient (Wildman–Crippen LogP) is 1.08. The molecule has 2 aromatic rings. The highest BCUT2D eigenvalue weighted by Gasteiger charge is 2.15. The van der Waals surface area contributed by atoms with E-state index in [9.17, 15) is 4.79 Å². The van der Waals surface area contributed by atoms with Gasteiger partial charge in [-0.1, -0.05) is 12.1 Å². The fourth-order valence-corrected chi connectivity index (χ4v) is 1.15. The second kappa shape index (κ2) is 3.10. The van der Waals surface area contributed by atoms with Crippen LogP contribution in [-0.2, 0) is 4.79 Å². The number of rotatable bonds is 2. The van der Waals surface area contributed by atoms with Crippen LogP contribution in [0.4, 0.5) is 0 Å². The van der Waals surface area contributed by atoms with Crippen LogP contribution in [-0.4, -0.2) is 26.1 Å². The summed E-state index contributed by atoms with van der Waals surface area (Å²) >= 11 is 0. The van der Waals surface area contributed by atoms with Gasteiger partial charge in [0.2, 0.25) is 0 Å². The summed E-state index contributed by atoms with van der Waals surface area (Å²) in [5.74, 6) is -0.940. The topological polar surface area (TPSA) is 68.0 Å². The molecular weight excluding hydrogens is 182 g/mol. The number of aromatic nitrogens is 3. The lowest BCUT2D eigenvalue weighted by atomic mass is 10.3. The molecule has 0 aliphatic rings. The summed E-state index contributed by atoms with van der Waals surface area (Å²) < 4.78 is 0. The predicted molar refractivity (Wildman–Crippen MR) is 49.9 cm³/mol. The van der Waals surface area contributed by atoms with Crippen molar-refractivity contribution in [1.29, 1.82) is 0 Å². The second-order valence-electron chi connectivity index (χ2n) is 3.02. The Labute approximate surface area is 80.0 Å². The van der Waals surface area contributed by atoms with Crippen LogP contribution >= 0.6 is 0 Å². The van der Waals surface area contributed by atoms with Gasteiger partial charge in [-0.15, -0.1) is 0 Å². The summed E-state index contributed by atoms with van der Waals surface area (Å²) in [6, 6.07) is 6.54. The number of fused-ring (bicyclic) bond motifs is 1. The van der Waals surface area contributed by atoms with Crippen molar-refractivity contribution in [1.82, 2.24) is 15.0 Å². The molecule has 0 aliphatic heterocycles. The molecule has 1 N–H and O–H groups in total. The first kappa shape index (κ1) is 8.68. The lowest BCUT2D eigenvalue weighted by molar-refractivity contribution is -0.140. The van der Waals surface area contributed by atoms with Crippen molar-refractivity contribution in [3.63, 3.8) is 0 Å². The highest BCUT2D eigenvalue weighted by molar-refractivity contribution is 5.75. The Bertz CT molecular complexity index is 445. The molecule has 14 heavy (non-hydrogen) atoms. The Balaban J connectivity index is 2.50. The maximum atomic E-state index is 10.7. The van der Waals surface area contributed by atoms with Crippen LogP contribution < -0.4 is 0 Å². The standard InChI is InChI=1S/C9H9N3O2/c1-6(9(13)14)12-10-7-4-2-3-5-8(7)11-12/h2-6H,1H3,(H,13,14)/t6-/m0/s1. The molecule has 1 aromatic carbocycles. The zero-order chi connectivity index (χ0) is 10.1. The lowest BCUT2D eigenvalue weighted by Gasteiger charge is -2.02. The molecule has 0 spiro atoms. The average molecular weight is 191 g/mol. The average Bonchev–Trinajstić information content (AvgIpc) is 2.59. The van der Waals surface area contributed by atoms with Gasteiger partial charge in [0.15, 0.2) is 6.04 Å². The van der Waals surface area contributed by atoms with Gasteiger partial charge in [0.25, 0.3) is 0 Å². The van der Waals surface area contributed by atoms with E-state index in [-0.39, 0.29) is 0 Å². The third-order valence-electron chi connectivity index (χ3n) is 2.01. The molecule has 0 bridgehead atoms. The summed E-state index contributed by atoms with van der Waals surface area (Å²) in [5.41, 5.74) is 1.42. The lowest BCUT2D eigenvalue weighted by Crippen LogP contribution is -2.17. The van der Waals surface area contributed by atoms with Gasteiger partial charge in [-0.2, -0.15) is 15.0 Å². The fourth-order valence-electron chi connectivity index (χ4n) is 1.15. The molecule has 1 heterocycles. The van der Waals surface area contributed by atoms with Gasteiger partial charge in [0, 0.05) is 0 Å². The zero-order valence-electron chi connectivity index (χ0n) is 7.58. The van der Waals surface area contributed by atoms with Crippen molar-refractivity contribution in [3.05, 3.63) is 24.3 Å². The number of carboxylic acids is 1. The summed E-state index contributed by atoms with van der Waals surface area (Å²) in [5, 5.41) is 16.9. The SMILES string of the molecule is C[C@@H](C(=O)O)n1nc2ccccc2n1. The summed E-state index contributed by atoms with van der Waals surface area (Å²) in [6.45, 7) is 1.54. The maximum Gasteiger partial charge on any atom is 0.330 e. The van der Waals surface area contributed by atoms with Crippen molar-refractivity contribution in [2.75, 3.05) is 0 Å². The number of hydrogen-bond donors (Lipinski definition) is 1. The molecule has 0 fully saturated rings. The zero-order valence-corrected chi connectivity index (χ0v) is 7.58. The summed E-state index contributed by atoms with van der Waals surface area (Å²) in [7, 11) is 0. The molecule has 1 atom stereocenters. The molecule has 5 nitrogen and oxygen atoms in total. The minimum atomic E-state index is -0.940. The van der Waals surface area contributed by atoms with Crippen LogP contribution in [0.3, 0.4) is 0 Å². The molecular formula is C9H9N3O2. The second-order valence-corrected chi connectivity index (χ2v) is 3.02. The number of carbonyl (C=O) groups is 1. The van der Waals surface area contributed by atoms with E-state index in [0.717, 1.165) is 0 Å². The number of carboxylic acid groups (broad SMARTS) is 1. The fraction of sp³-hybridized carbons (Fsp3) is 0.222. The first-order valence-corrected chi connectivity index (χ1v) is 4.23. The Hall–Kier alpha value is -1.91. The Kier molecular flexibility index (Phi) is 1.92. The van der Waals surface area contributed by atoms with Crippen molar-refractivity contribution in [3.8, 4) is 0 Å². The molecule has 0 saturated heterocycles. The van der Waals surface area contributed by atoms with Crippen molar-refractivity contribution >= 4 is 17.0 Å². The van der Waals surface area contributed by atoms with Crippen LogP contribution in [0.25, 0.3) is 11.0 Å². The normalized spacial score (nSPS) is 12.9. The number of benzene rings is 1. The van der Waals surface area contributed by atoms with Gasteiger partial charge in [0.1, 0.15) is 11.0 Å². The van der Waals surface area contributed by atoms with E-state index >= 15 is 0 Å².